The van der Waals surface area contributed by atoms with Gasteiger partial charge in [0.1, 0.15) is 6.04 Å². The molecule has 8 heteroatoms. The summed E-state index contributed by atoms with van der Waals surface area (Å²) in [6.07, 6.45) is 2.27. The van der Waals surface area contributed by atoms with Crippen molar-refractivity contribution in [2.24, 2.45) is 0 Å². The van der Waals surface area contributed by atoms with Crippen LogP contribution in [-0.4, -0.2) is 45.2 Å². The SMILES string of the molecule is CC(C(=O)NCC1CCCN1)n1nnc(-c2ccccc2)n1.Cl. The Morgan fingerprint density at radius 2 is 2.22 bits per heavy atom. The van der Waals surface area contributed by atoms with Crippen molar-refractivity contribution >= 4 is 18.3 Å². The van der Waals surface area contributed by atoms with E-state index in [1.165, 1.54) is 11.2 Å². The second-order valence-corrected chi connectivity index (χ2v) is 5.51. The molecule has 2 atom stereocenters. The van der Waals surface area contributed by atoms with Gasteiger partial charge in [-0.3, -0.25) is 4.79 Å². The molecule has 1 aliphatic heterocycles. The highest BCUT2D eigenvalue weighted by molar-refractivity contribution is 5.85. The van der Waals surface area contributed by atoms with Gasteiger partial charge in [0, 0.05) is 18.2 Å². The van der Waals surface area contributed by atoms with Gasteiger partial charge in [0.2, 0.25) is 11.7 Å². The lowest BCUT2D eigenvalue weighted by molar-refractivity contribution is -0.124. The molecule has 0 radical (unpaired) electrons. The average Bonchev–Trinajstić information content (AvgIpc) is 3.24. The van der Waals surface area contributed by atoms with Crippen LogP contribution in [0.2, 0.25) is 0 Å². The molecule has 124 valence electrons. The van der Waals surface area contributed by atoms with Crippen LogP contribution >= 0.6 is 12.4 Å². The summed E-state index contributed by atoms with van der Waals surface area (Å²) in [5.74, 6) is 0.434. The molecule has 0 aliphatic carbocycles. The van der Waals surface area contributed by atoms with Crippen molar-refractivity contribution in [1.29, 1.82) is 0 Å². The van der Waals surface area contributed by atoms with E-state index in [0.29, 0.717) is 18.4 Å². The fourth-order valence-electron chi connectivity index (χ4n) is 2.50. The largest absolute Gasteiger partial charge is 0.353 e. The van der Waals surface area contributed by atoms with Crippen LogP contribution in [0.5, 0.6) is 0 Å². The summed E-state index contributed by atoms with van der Waals surface area (Å²) in [5.41, 5.74) is 0.886. The standard InChI is InChI=1S/C15H20N6O.ClH/c1-11(15(22)17-10-13-8-5-9-16-13)21-19-14(18-20-21)12-6-3-2-4-7-12;/h2-4,6-7,11,13,16H,5,8-10H2,1H3,(H,17,22);1H. The summed E-state index contributed by atoms with van der Waals surface area (Å²) < 4.78 is 0. The Bertz CT molecular complexity index is 626. The Morgan fingerprint density at radius 3 is 2.91 bits per heavy atom. The fourth-order valence-corrected chi connectivity index (χ4v) is 2.50. The number of nitrogens with zero attached hydrogens (tertiary/aromatic N) is 4. The topological polar surface area (TPSA) is 84.7 Å². The van der Waals surface area contributed by atoms with E-state index in [1.807, 2.05) is 30.3 Å². The molecule has 7 nitrogen and oxygen atoms in total. The summed E-state index contributed by atoms with van der Waals surface area (Å²) in [4.78, 5) is 13.5. The van der Waals surface area contributed by atoms with Crippen molar-refractivity contribution in [2.45, 2.75) is 31.8 Å². The molecule has 0 bridgehead atoms. The third kappa shape index (κ3) is 4.27. The molecule has 2 aromatic rings. The van der Waals surface area contributed by atoms with E-state index in [2.05, 4.69) is 26.0 Å². The van der Waals surface area contributed by atoms with E-state index < -0.39 is 6.04 Å². The third-order valence-corrected chi connectivity index (χ3v) is 3.87. The lowest BCUT2D eigenvalue weighted by Crippen LogP contribution is -2.40. The average molecular weight is 337 g/mol. The van der Waals surface area contributed by atoms with Crippen molar-refractivity contribution in [3.8, 4) is 11.4 Å². The first-order valence-corrected chi connectivity index (χ1v) is 7.60. The first-order valence-electron chi connectivity index (χ1n) is 7.60. The van der Waals surface area contributed by atoms with Crippen LogP contribution in [0.15, 0.2) is 30.3 Å². The van der Waals surface area contributed by atoms with Gasteiger partial charge < -0.3 is 10.6 Å². The molecule has 1 aromatic carbocycles. The summed E-state index contributed by atoms with van der Waals surface area (Å²) in [6, 6.07) is 9.49. The number of nitrogens with one attached hydrogen (secondary N) is 2. The molecular formula is C15H21ClN6O. The van der Waals surface area contributed by atoms with E-state index in [4.69, 9.17) is 0 Å². The minimum absolute atomic E-state index is 0. The maximum atomic E-state index is 12.2. The number of rotatable bonds is 5. The molecule has 1 aliphatic rings. The number of carbonyl (C=O) groups is 1. The quantitative estimate of drug-likeness (QED) is 0.856. The van der Waals surface area contributed by atoms with E-state index >= 15 is 0 Å². The van der Waals surface area contributed by atoms with Crippen LogP contribution in [0.1, 0.15) is 25.8 Å². The van der Waals surface area contributed by atoms with Gasteiger partial charge in [0.05, 0.1) is 0 Å². The molecule has 0 spiro atoms. The predicted molar refractivity (Wildman–Crippen MR) is 89.2 cm³/mol. The zero-order chi connectivity index (χ0) is 15.4. The normalized spacial score (nSPS) is 18.2. The van der Waals surface area contributed by atoms with Gasteiger partial charge in [-0.15, -0.1) is 22.6 Å². The van der Waals surface area contributed by atoms with Crippen LogP contribution in [0, 0.1) is 0 Å². The number of hydrogen-bond acceptors (Lipinski definition) is 5. The predicted octanol–water partition coefficient (Wildman–Crippen LogP) is 1.19. The molecule has 2 unspecified atom stereocenters. The first kappa shape index (κ1) is 17.4. The molecule has 0 saturated carbocycles. The van der Waals surface area contributed by atoms with Gasteiger partial charge >= 0.3 is 0 Å². The number of hydrogen-bond donors (Lipinski definition) is 2. The van der Waals surface area contributed by atoms with Crippen LogP contribution in [0.4, 0.5) is 0 Å². The highest BCUT2D eigenvalue weighted by atomic mass is 35.5. The maximum absolute atomic E-state index is 12.2. The maximum Gasteiger partial charge on any atom is 0.246 e. The highest BCUT2D eigenvalue weighted by Crippen LogP contribution is 2.13. The Kier molecular flexibility index (Phi) is 6.06. The molecule has 1 fully saturated rings. The molecular weight excluding hydrogens is 316 g/mol. The van der Waals surface area contributed by atoms with Crippen LogP contribution in [0.25, 0.3) is 11.4 Å². The van der Waals surface area contributed by atoms with Crippen LogP contribution < -0.4 is 10.6 Å². The van der Waals surface area contributed by atoms with E-state index in [-0.39, 0.29) is 18.3 Å². The number of carbonyl (C=O) groups excluding carboxylic acids is 1. The highest BCUT2D eigenvalue weighted by Gasteiger charge is 2.20. The van der Waals surface area contributed by atoms with Crippen molar-refractivity contribution in [3.05, 3.63) is 30.3 Å². The summed E-state index contributed by atoms with van der Waals surface area (Å²) in [6.45, 7) is 3.44. The third-order valence-electron chi connectivity index (χ3n) is 3.87. The molecule has 23 heavy (non-hydrogen) atoms. The van der Waals surface area contributed by atoms with E-state index in [1.54, 1.807) is 6.92 Å². The number of benzene rings is 1. The number of halogens is 1. The van der Waals surface area contributed by atoms with Crippen LogP contribution in [0.3, 0.4) is 0 Å². The molecule has 1 amide bonds. The second kappa shape index (κ2) is 8.03. The summed E-state index contributed by atoms with van der Waals surface area (Å²) in [5, 5.41) is 18.6. The van der Waals surface area contributed by atoms with Crippen molar-refractivity contribution in [3.63, 3.8) is 0 Å². The Morgan fingerprint density at radius 1 is 1.43 bits per heavy atom. The van der Waals surface area contributed by atoms with Crippen molar-refractivity contribution < 1.29 is 4.79 Å². The number of amides is 1. The minimum Gasteiger partial charge on any atom is -0.353 e. The lowest BCUT2D eigenvalue weighted by atomic mass is 10.2. The van der Waals surface area contributed by atoms with Gasteiger partial charge in [0.25, 0.3) is 0 Å². The zero-order valence-electron chi connectivity index (χ0n) is 13.0. The number of tetrazole rings is 1. The van der Waals surface area contributed by atoms with Crippen LogP contribution in [-0.2, 0) is 4.79 Å². The van der Waals surface area contributed by atoms with E-state index in [9.17, 15) is 4.79 Å². The van der Waals surface area contributed by atoms with Crippen molar-refractivity contribution in [1.82, 2.24) is 30.8 Å². The molecule has 1 aromatic heterocycles. The van der Waals surface area contributed by atoms with E-state index in [0.717, 1.165) is 18.5 Å². The molecule has 1 saturated heterocycles. The Labute approximate surface area is 141 Å². The van der Waals surface area contributed by atoms with Crippen molar-refractivity contribution in [2.75, 3.05) is 13.1 Å². The zero-order valence-corrected chi connectivity index (χ0v) is 13.8. The Balaban J connectivity index is 0.00000192. The number of aromatic nitrogens is 4. The summed E-state index contributed by atoms with van der Waals surface area (Å²) in [7, 11) is 0. The van der Waals surface area contributed by atoms with Gasteiger partial charge in [-0.25, -0.2) is 0 Å². The molecule has 2 N–H and O–H groups in total. The monoisotopic (exact) mass is 336 g/mol. The minimum atomic E-state index is -0.480. The fraction of sp³-hybridized carbons (Fsp3) is 0.467. The Hall–Kier alpha value is -1.99. The smallest absolute Gasteiger partial charge is 0.246 e. The molecule has 3 rings (SSSR count). The van der Waals surface area contributed by atoms with Gasteiger partial charge in [0.15, 0.2) is 0 Å². The lowest BCUT2D eigenvalue weighted by Gasteiger charge is -2.14. The van der Waals surface area contributed by atoms with Gasteiger partial charge in [-0.1, -0.05) is 30.3 Å². The first-order chi connectivity index (χ1) is 10.7. The van der Waals surface area contributed by atoms with Gasteiger partial charge in [-0.05, 0) is 31.5 Å². The molecule has 2 heterocycles. The van der Waals surface area contributed by atoms with Gasteiger partial charge in [-0.2, -0.15) is 4.80 Å². The summed E-state index contributed by atoms with van der Waals surface area (Å²) >= 11 is 0. The second-order valence-electron chi connectivity index (χ2n) is 5.51.